The van der Waals surface area contributed by atoms with Crippen LogP contribution < -0.4 is 4.90 Å². The molecule has 126 valence electrons. The van der Waals surface area contributed by atoms with Gasteiger partial charge in [-0.15, -0.1) is 0 Å². The Balaban J connectivity index is 1.93. The molecule has 0 N–H and O–H groups in total. The minimum absolute atomic E-state index is 0.0476. The van der Waals surface area contributed by atoms with Crippen LogP contribution in [0.1, 0.15) is 13.3 Å². The zero-order valence-electron chi connectivity index (χ0n) is 14.1. The molecule has 1 aliphatic heterocycles. The fourth-order valence-corrected chi connectivity index (χ4v) is 3.14. The summed E-state index contributed by atoms with van der Waals surface area (Å²) in [6.07, 6.45) is 1.09. The summed E-state index contributed by atoms with van der Waals surface area (Å²) in [5, 5.41) is 11.4. The van der Waals surface area contributed by atoms with Crippen LogP contribution in [0.3, 0.4) is 0 Å². The van der Waals surface area contributed by atoms with Crippen molar-refractivity contribution in [3.63, 3.8) is 0 Å². The lowest BCUT2D eigenvalue weighted by Crippen LogP contribution is -2.34. The second kappa shape index (κ2) is 6.97. The number of pyridine rings is 1. The lowest BCUT2D eigenvalue weighted by Gasteiger charge is -2.23. The molecule has 0 spiro atoms. The van der Waals surface area contributed by atoms with E-state index in [1.165, 1.54) is 0 Å². The number of rotatable bonds is 5. The quantitative estimate of drug-likeness (QED) is 0.624. The molecule has 6 nitrogen and oxygen atoms in total. The van der Waals surface area contributed by atoms with E-state index in [2.05, 4.69) is 28.8 Å². The van der Waals surface area contributed by atoms with Crippen molar-refractivity contribution in [2.24, 2.45) is 0 Å². The van der Waals surface area contributed by atoms with E-state index in [9.17, 15) is 10.1 Å². The van der Waals surface area contributed by atoms with Gasteiger partial charge in [0.1, 0.15) is 5.82 Å². The number of nitro groups is 1. The molecule has 1 saturated heterocycles. The van der Waals surface area contributed by atoms with Gasteiger partial charge in [-0.3, -0.25) is 10.1 Å². The highest BCUT2D eigenvalue weighted by Crippen LogP contribution is 2.31. The topological polar surface area (TPSA) is 62.5 Å². The van der Waals surface area contributed by atoms with Crippen molar-refractivity contribution in [1.82, 2.24) is 9.88 Å². The van der Waals surface area contributed by atoms with E-state index in [4.69, 9.17) is 0 Å². The maximum atomic E-state index is 11.4. The highest BCUT2D eigenvalue weighted by Gasteiger charge is 2.27. The number of hydrogen-bond acceptors (Lipinski definition) is 5. The molecular formula is C18H22N4O2. The van der Waals surface area contributed by atoms with Gasteiger partial charge < -0.3 is 9.80 Å². The van der Waals surface area contributed by atoms with Crippen molar-refractivity contribution in [2.75, 3.05) is 31.6 Å². The lowest BCUT2D eigenvalue weighted by atomic mass is 10.1. The molecular weight excluding hydrogens is 304 g/mol. The van der Waals surface area contributed by atoms with Gasteiger partial charge in [0.15, 0.2) is 5.69 Å². The number of nitrogens with zero attached hydrogens (tertiary/aromatic N) is 4. The molecule has 0 radical (unpaired) electrons. The average molecular weight is 326 g/mol. The number of anilines is 1. The van der Waals surface area contributed by atoms with Crippen LogP contribution in [0.5, 0.6) is 0 Å². The van der Waals surface area contributed by atoms with E-state index >= 15 is 0 Å². The molecule has 0 aliphatic carbocycles. The second-order valence-electron chi connectivity index (χ2n) is 6.12. The van der Waals surface area contributed by atoms with Crippen molar-refractivity contribution in [3.05, 3.63) is 52.6 Å². The minimum atomic E-state index is -0.364. The molecule has 0 saturated carbocycles. The lowest BCUT2D eigenvalue weighted by molar-refractivity contribution is -0.384. The first kappa shape index (κ1) is 16.4. The van der Waals surface area contributed by atoms with Gasteiger partial charge in [-0.05, 0) is 26.1 Å². The standard InChI is InChI=1S/C18H22N4O2/c1-3-20(2)15-11-12-21(13-15)17-10-9-16(22(23)24)18(19-17)14-7-5-4-6-8-14/h4-10,15H,3,11-13H2,1-2H3. The molecule has 1 aliphatic rings. The summed E-state index contributed by atoms with van der Waals surface area (Å²) in [5.74, 6) is 0.812. The second-order valence-corrected chi connectivity index (χ2v) is 6.12. The monoisotopic (exact) mass is 326 g/mol. The molecule has 24 heavy (non-hydrogen) atoms. The molecule has 1 fully saturated rings. The van der Waals surface area contributed by atoms with Crippen LogP contribution in [0, 0.1) is 10.1 Å². The number of aromatic nitrogens is 1. The van der Waals surface area contributed by atoms with E-state index in [1.807, 2.05) is 30.3 Å². The van der Waals surface area contributed by atoms with E-state index in [0.29, 0.717) is 11.7 Å². The Morgan fingerprint density at radius 3 is 2.71 bits per heavy atom. The van der Waals surface area contributed by atoms with Crippen LogP contribution >= 0.6 is 0 Å². The van der Waals surface area contributed by atoms with Crippen molar-refractivity contribution < 1.29 is 4.92 Å². The molecule has 3 rings (SSSR count). The van der Waals surface area contributed by atoms with E-state index in [1.54, 1.807) is 12.1 Å². The van der Waals surface area contributed by atoms with Gasteiger partial charge in [-0.1, -0.05) is 37.3 Å². The van der Waals surface area contributed by atoms with E-state index in [-0.39, 0.29) is 10.6 Å². The van der Waals surface area contributed by atoms with Gasteiger partial charge in [0.2, 0.25) is 0 Å². The van der Waals surface area contributed by atoms with E-state index < -0.39 is 0 Å². The Morgan fingerprint density at radius 2 is 2.04 bits per heavy atom. The number of likely N-dealkylation sites (N-methyl/N-ethyl adjacent to an activating group) is 1. The van der Waals surface area contributed by atoms with Crippen LogP contribution in [-0.2, 0) is 0 Å². The van der Waals surface area contributed by atoms with Crippen LogP contribution in [0.25, 0.3) is 11.3 Å². The van der Waals surface area contributed by atoms with Gasteiger partial charge >= 0.3 is 0 Å². The summed E-state index contributed by atoms with van der Waals surface area (Å²) in [6, 6.07) is 13.2. The largest absolute Gasteiger partial charge is 0.355 e. The summed E-state index contributed by atoms with van der Waals surface area (Å²) in [4.78, 5) is 20.2. The first-order valence-electron chi connectivity index (χ1n) is 8.26. The zero-order valence-corrected chi connectivity index (χ0v) is 14.1. The molecule has 1 aromatic carbocycles. The molecule has 1 aromatic heterocycles. The highest BCUT2D eigenvalue weighted by molar-refractivity contribution is 5.71. The van der Waals surface area contributed by atoms with Crippen molar-refractivity contribution in [2.45, 2.75) is 19.4 Å². The van der Waals surface area contributed by atoms with Crippen LogP contribution in [0.2, 0.25) is 0 Å². The van der Waals surface area contributed by atoms with Gasteiger partial charge in [-0.2, -0.15) is 0 Å². The summed E-state index contributed by atoms with van der Waals surface area (Å²) in [7, 11) is 2.13. The smallest absolute Gasteiger partial charge is 0.295 e. The van der Waals surface area contributed by atoms with Crippen molar-refractivity contribution in [3.8, 4) is 11.3 Å². The summed E-state index contributed by atoms with van der Waals surface area (Å²) < 4.78 is 0. The molecule has 0 amide bonds. The van der Waals surface area contributed by atoms with Crippen LogP contribution in [0.4, 0.5) is 11.5 Å². The van der Waals surface area contributed by atoms with E-state index in [0.717, 1.165) is 37.4 Å². The number of benzene rings is 1. The maximum Gasteiger partial charge on any atom is 0.295 e. The van der Waals surface area contributed by atoms with Crippen LogP contribution in [0.15, 0.2) is 42.5 Å². The fourth-order valence-electron chi connectivity index (χ4n) is 3.14. The van der Waals surface area contributed by atoms with Gasteiger partial charge in [-0.25, -0.2) is 4.98 Å². The van der Waals surface area contributed by atoms with Crippen molar-refractivity contribution >= 4 is 11.5 Å². The summed E-state index contributed by atoms with van der Waals surface area (Å²) >= 11 is 0. The normalized spacial score (nSPS) is 17.5. The third kappa shape index (κ3) is 3.23. The third-order valence-electron chi connectivity index (χ3n) is 4.71. The predicted molar refractivity (Wildman–Crippen MR) is 95.2 cm³/mol. The molecule has 2 aromatic rings. The Kier molecular flexibility index (Phi) is 4.76. The Morgan fingerprint density at radius 1 is 1.29 bits per heavy atom. The first-order chi connectivity index (χ1) is 11.6. The zero-order chi connectivity index (χ0) is 17.1. The molecule has 1 atom stereocenters. The van der Waals surface area contributed by atoms with Crippen LogP contribution in [-0.4, -0.2) is 47.5 Å². The molecule has 2 heterocycles. The van der Waals surface area contributed by atoms with Gasteiger partial charge in [0, 0.05) is 30.8 Å². The average Bonchev–Trinajstić information content (AvgIpc) is 3.11. The fraction of sp³-hybridized carbons (Fsp3) is 0.389. The summed E-state index contributed by atoms with van der Waals surface area (Å²) in [5.41, 5.74) is 1.25. The first-order valence-corrected chi connectivity index (χ1v) is 8.26. The van der Waals surface area contributed by atoms with Gasteiger partial charge in [0.25, 0.3) is 5.69 Å². The Hall–Kier alpha value is -2.47. The highest BCUT2D eigenvalue weighted by atomic mass is 16.6. The maximum absolute atomic E-state index is 11.4. The predicted octanol–water partition coefficient (Wildman–Crippen LogP) is 3.19. The number of hydrogen-bond donors (Lipinski definition) is 0. The molecule has 6 heteroatoms. The third-order valence-corrected chi connectivity index (χ3v) is 4.71. The minimum Gasteiger partial charge on any atom is -0.355 e. The van der Waals surface area contributed by atoms with Gasteiger partial charge in [0.05, 0.1) is 4.92 Å². The SMILES string of the molecule is CCN(C)C1CCN(c2ccc([N+](=O)[O-])c(-c3ccccc3)n2)C1. The summed E-state index contributed by atoms with van der Waals surface area (Å²) in [6.45, 7) is 5.00. The molecule has 0 bridgehead atoms. The molecule has 1 unspecified atom stereocenters. The Labute approximate surface area is 141 Å². The Bertz CT molecular complexity index is 720. The van der Waals surface area contributed by atoms with Crippen molar-refractivity contribution in [1.29, 1.82) is 0 Å².